The summed E-state index contributed by atoms with van der Waals surface area (Å²) in [4.78, 5) is -0.499. The number of rotatable bonds is 5. The van der Waals surface area contributed by atoms with Crippen LogP contribution in [0.1, 0.15) is 32.1 Å². The minimum Gasteiger partial charge on any atom is -0.329 e. The van der Waals surface area contributed by atoms with E-state index in [1.165, 1.54) is 18.6 Å². The van der Waals surface area contributed by atoms with E-state index in [4.69, 9.17) is 17.3 Å². The molecule has 2 rings (SSSR count). The summed E-state index contributed by atoms with van der Waals surface area (Å²) in [6, 6.07) is 3.43. The maximum absolute atomic E-state index is 13.8. The van der Waals surface area contributed by atoms with Crippen molar-refractivity contribution >= 4 is 21.6 Å². The van der Waals surface area contributed by atoms with Crippen molar-refractivity contribution in [2.24, 2.45) is 11.7 Å². The highest BCUT2D eigenvalue weighted by Gasteiger charge is 2.30. The van der Waals surface area contributed by atoms with E-state index in [9.17, 15) is 12.8 Å². The Balaban J connectivity index is 2.23. The van der Waals surface area contributed by atoms with Gasteiger partial charge in [0.2, 0.25) is 10.0 Å². The number of benzene rings is 1. The zero-order chi connectivity index (χ0) is 15.5. The van der Waals surface area contributed by atoms with Crippen LogP contribution < -0.4 is 10.5 Å². The summed E-state index contributed by atoms with van der Waals surface area (Å²) in [5.41, 5.74) is 5.71. The topological polar surface area (TPSA) is 72.2 Å². The fraction of sp³-hybridized carbons (Fsp3) is 0.571. The van der Waals surface area contributed by atoms with E-state index in [0.717, 1.165) is 31.7 Å². The zero-order valence-electron chi connectivity index (χ0n) is 11.7. The second-order valence-corrected chi connectivity index (χ2v) is 7.47. The van der Waals surface area contributed by atoms with E-state index in [0.29, 0.717) is 0 Å². The molecule has 0 saturated heterocycles. The van der Waals surface area contributed by atoms with Crippen molar-refractivity contribution in [1.82, 2.24) is 4.72 Å². The van der Waals surface area contributed by atoms with Crippen LogP contribution in [0.3, 0.4) is 0 Å². The third kappa shape index (κ3) is 3.94. The summed E-state index contributed by atoms with van der Waals surface area (Å²) < 4.78 is 41.1. The molecule has 1 fully saturated rings. The minimum absolute atomic E-state index is 0.123. The van der Waals surface area contributed by atoms with Gasteiger partial charge in [0.05, 0.1) is 5.02 Å². The quantitative estimate of drug-likeness (QED) is 0.869. The smallest absolute Gasteiger partial charge is 0.245 e. The Labute approximate surface area is 129 Å². The monoisotopic (exact) mass is 334 g/mol. The van der Waals surface area contributed by atoms with Crippen LogP contribution in [0.4, 0.5) is 4.39 Å². The Bertz CT molecular complexity index is 568. The van der Waals surface area contributed by atoms with Gasteiger partial charge >= 0.3 is 0 Å². The van der Waals surface area contributed by atoms with E-state index >= 15 is 0 Å². The molecule has 0 amide bonds. The first-order valence-electron chi connectivity index (χ1n) is 7.12. The van der Waals surface area contributed by atoms with Gasteiger partial charge in [0.1, 0.15) is 10.7 Å². The second kappa shape index (κ2) is 7.05. The van der Waals surface area contributed by atoms with Crippen LogP contribution >= 0.6 is 11.6 Å². The number of hydrogen-bond donors (Lipinski definition) is 2. The van der Waals surface area contributed by atoms with Gasteiger partial charge in [-0.3, -0.25) is 0 Å². The summed E-state index contributed by atoms with van der Waals surface area (Å²) >= 11 is 5.84. The first-order chi connectivity index (χ1) is 9.95. The summed E-state index contributed by atoms with van der Waals surface area (Å²) in [6.45, 7) is 0.190. The minimum atomic E-state index is -4.02. The van der Waals surface area contributed by atoms with E-state index in [1.54, 1.807) is 0 Å². The Morgan fingerprint density at radius 3 is 2.57 bits per heavy atom. The third-order valence-electron chi connectivity index (χ3n) is 3.97. The molecule has 0 heterocycles. The van der Waals surface area contributed by atoms with Gasteiger partial charge in [-0.25, -0.2) is 17.5 Å². The van der Waals surface area contributed by atoms with Gasteiger partial charge in [0, 0.05) is 12.6 Å². The molecule has 1 atom stereocenters. The summed E-state index contributed by atoms with van der Waals surface area (Å²) in [5.74, 6) is -0.654. The van der Waals surface area contributed by atoms with Crippen molar-refractivity contribution in [1.29, 1.82) is 0 Å². The van der Waals surface area contributed by atoms with Crippen LogP contribution in [0.25, 0.3) is 0 Å². The maximum Gasteiger partial charge on any atom is 0.245 e. The molecule has 3 N–H and O–H groups in total. The molecule has 1 aliphatic rings. The SMILES string of the molecule is NCC(NS(=O)(=O)c1c(F)cccc1Cl)C1CCCCC1. The summed E-state index contributed by atoms with van der Waals surface area (Å²) in [7, 11) is -4.02. The predicted octanol–water partition coefficient (Wildman–Crippen LogP) is 2.67. The zero-order valence-corrected chi connectivity index (χ0v) is 13.3. The molecular formula is C14H20ClFN2O2S. The van der Waals surface area contributed by atoms with Gasteiger partial charge in [-0.05, 0) is 30.9 Å². The van der Waals surface area contributed by atoms with Gasteiger partial charge in [-0.1, -0.05) is 36.9 Å². The second-order valence-electron chi connectivity index (χ2n) is 5.41. The van der Waals surface area contributed by atoms with E-state index < -0.39 is 20.7 Å². The molecule has 7 heteroatoms. The first-order valence-corrected chi connectivity index (χ1v) is 8.98. The largest absolute Gasteiger partial charge is 0.329 e. The number of hydrogen-bond acceptors (Lipinski definition) is 3. The number of nitrogens with two attached hydrogens (primary N) is 1. The molecule has 0 radical (unpaired) electrons. The fourth-order valence-corrected chi connectivity index (χ4v) is 4.79. The van der Waals surface area contributed by atoms with Gasteiger partial charge < -0.3 is 5.73 Å². The highest BCUT2D eigenvalue weighted by molar-refractivity contribution is 7.89. The average molecular weight is 335 g/mol. The van der Waals surface area contributed by atoms with Gasteiger partial charge in [-0.2, -0.15) is 0 Å². The van der Waals surface area contributed by atoms with Crippen molar-refractivity contribution in [3.05, 3.63) is 29.0 Å². The molecule has 21 heavy (non-hydrogen) atoms. The molecule has 0 aromatic heterocycles. The Hall–Kier alpha value is -0.690. The molecule has 1 aliphatic carbocycles. The van der Waals surface area contributed by atoms with Crippen LogP contribution in [-0.2, 0) is 10.0 Å². The number of halogens is 2. The van der Waals surface area contributed by atoms with Crippen molar-refractivity contribution in [3.63, 3.8) is 0 Å². The van der Waals surface area contributed by atoms with Crippen molar-refractivity contribution < 1.29 is 12.8 Å². The van der Waals surface area contributed by atoms with Crippen LogP contribution in [0, 0.1) is 11.7 Å². The lowest BCUT2D eigenvalue weighted by molar-refractivity contribution is 0.294. The molecule has 1 aromatic carbocycles. The molecular weight excluding hydrogens is 315 g/mol. The van der Waals surface area contributed by atoms with Crippen LogP contribution in [0.15, 0.2) is 23.1 Å². The Kier molecular flexibility index (Phi) is 5.60. The van der Waals surface area contributed by atoms with Crippen LogP contribution in [-0.4, -0.2) is 21.0 Å². The Morgan fingerprint density at radius 1 is 1.33 bits per heavy atom. The third-order valence-corrected chi connectivity index (χ3v) is 5.96. The number of sulfonamides is 1. The van der Waals surface area contributed by atoms with E-state index in [1.807, 2.05) is 0 Å². The average Bonchev–Trinajstić information content (AvgIpc) is 2.45. The molecule has 0 spiro atoms. The Morgan fingerprint density at radius 2 is 2.00 bits per heavy atom. The summed E-state index contributed by atoms with van der Waals surface area (Å²) in [6.07, 6.45) is 5.19. The normalized spacial score (nSPS) is 18.6. The van der Waals surface area contributed by atoms with Crippen molar-refractivity contribution in [3.8, 4) is 0 Å². The standard InChI is InChI=1S/C14H20ClFN2O2S/c15-11-7-4-8-12(16)14(11)21(19,20)18-13(9-17)10-5-2-1-3-6-10/h4,7-8,10,13,18H,1-3,5-6,9,17H2. The molecule has 0 aliphatic heterocycles. The highest BCUT2D eigenvalue weighted by Crippen LogP contribution is 2.29. The van der Waals surface area contributed by atoms with Gasteiger partial charge in [0.15, 0.2) is 0 Å². The summed E-state index contributed by atoms with van der Waals surface area (Å²) in [5, 5.41) is -0.123. The highest BCUT2D eigenvalue weighted by atomic mass is 35.5. The van der Waals surface area contributed by atoms with E-state index in [-0.39, 0.29) is 23.5 Å². The molecule has 118 valence electrons. The fourth-order valence-electron chi connectivity index (χ4n) is 2.87. The van der Waals surface area contributed by atoms with Crippen LogP contribution in [0.2, 0.25) is 5.02 Å². The lowest BCUT2D eigenvalue weighted by atomic mass is 9.84. The molecule has 1 aromatic rings. The lowest BCUT2D eigenvalue weighted by Crippen LogP contribution is -2.46. The molecule has 0 bridgehead atoms. The van der Waals surface area contributed by atoms with E-state index in [2.05, 4.69) is 4.72 Å². The lowest BCUT2D eigenvalue weighted by Gasteiger charge is -2.30. The molecule has 1 unspecified atom stereocenters. The first kappa shape index (κ1) is 16.7. The van der Waals surface area contributed by atoms with Gasteiger partial charge in [-0.15, -0.1) is 0 Å². The molecule has 4 nitrogen and oxygen atoms in total. The van der Waals surface area contributed by atoms with Crippen molar-refractivity contribution in [2.75, 3.05) is 6.54 Å². The van der Waals surface area contributed by atoms with Gasteiger partial charge in [0.25, 0.3) is 0 Å². The van der Waals surface area contributed by atoms with Crippen molar-refractivity contribution in [2.45, 2.75) is 43.0 Å². The maximum atomic E-state index is 13.8. The predicted molar refractivity (Wildman–Crippen MR) is 81.1 cm³/mol. The number of nitrogens with one attached hydrogen (secondary N) is 1. The van der Waals surface area contributed by atoms with Crippen LogP contribution in [0.5, 0.6) is 0 Å². The molecule has 1 saturated carbocycles.